The Kier molecular flexibility index (Phi) is 3.98. The van der Waals surface area contributed by atoms with Crippen LogP contribution in [0.5, 0.6) is 5.75 Å². The van der Waals surface area contributed by atoms with Gasteiger partial charge in [0.1, 0.15) is 5.75 Å². The average molecular weight is 203 g/mol. The third kappa shape index (κ3) is 3.17. The van der Waals surface area contributed by atoms with Gasteiger partial charge in [-0.05, 0) is 19.1 Å². The molecule has 0 saturated carbocycles. The number of nitrogens with zero attached hydrogens (tertiary/aromatic N) is 1. The van der Waals surface area contributed by atoms with Crippen LogP contribution in [0.15, 0.2) is 36.4 Å². The molecule has 0 aliphatic heterocycles. The Morgan fingerprint density at radius 3 is 2.47 bits per heavy atom. The number of hydrogen-bond donors (Lipinski definition) is 1. The number of benzene rings is 1. The van der Waals surface area contributed by atoms with Crippen LogP contribution >= 0.6 is 0 Å². The fourth-order valence-electron chi connectivity index (χ4n) is 1.22. The Morgan fingerprint density at radius 1 is 1.20 bits per heavy atom. The zero-order valence-corrected chi connectivity index (χ0v) is 9.44. The lowest BCUT2D eigenvalue weighted by Crippen LogP contribution is -2.08. The van der Waals surface area contributed by atoms with Gasteiger partial charge in [0.05, 0.1) is 0 Å². The summed E-state index contributed by atoms with van der Waals surface area (Å²) in [7, 11) is 3.90. The molecule has 0 amide bonds. The lowest BCUT2D eigenvalue weighted by Gasteiger charge is -2.13. The smallest absolute Gasteiger partial charge is 0.124 e. The van der Waals surface area contributed by atoms with Crippen LogP contribution in [0, 0.1) is 0 Å². The Morgan fingerprint density at radius 2 is 1.93 bits per heavy atom. The molecule has 0 aromatic heterocycles. The summed E-state index contributed by atoms with van der Waals surface area (Å²) in [6.07, 6.45) is 7.67. The second kappa shape index (κ2) is 5.25. The fourth-order valence-corrected chi connectivity index (χ4v) is 1.22. The minimum atomic E-state index is 0.307. The molecule has 0 fully saturated rings. The average Bonchev–Trinajstić information content (AvgIpc) is 2.20. The van der Waals surface area contributed by atoms with Gasteiger partial charge in [0.2, 0.25) is 0 Å². The molecule has 1 rings (SSSR count). The molecular formula is C13H17NO. The lowest BCUT2D eigenvalue weighted by molar-refractivity contribution is 0.474. The molecular weight excluding hydrogens is 186 g/mol. The molecule has 0 radical (unpaired) electrons. The predicted octanol–water partition coefficient (Wildman–Crippen LogP) is 3.05. The van der Waals surface area contributed by atoms with Gasteiger partial charge in [-0.1, -0.05) is 24.3 Å². The van der Waals surface area contributed by atoms with Gasteiger partial charge < -0.3 is 10.0 Å². The highest BCUT2D eigenvalue weighted by molar-refractivity contribution is 5.63. The van der Waals surface area contributed by atoms with Crippen LogP contribution in [0.2, 0.25) is 0 Å². The van der Waals surface area contributed by atoms with Crippen LogP contribution in [0.3, 0.4) is 0 Å². The second-order valence-electron chi connectivity index (χ2n) is 3.52. The molecule has 1 aromatic carbocycles. The molecule has 0 unspecified atom stereocenters. The van der Waals surface area contributed by atoms with E-state index in [2.05, 4.69) is 0 Å². The number of phenols is 1. The van der Waals surface area contributed by atoms with Crippen molar-refractivity contribution >= 4 is 11.8 Å². The van der Waals surface area contributed by atoms with Crippen molar-refractivity contribution in [2.24, 2.45) is 0 Å². The first-order valence-corrected chi connectivity index (χ1v) is 4.95. The maximum atomic E-state index is 9.74. The van der Waals surface area contributed by atoms with Gasteiger partial charge in [-0.15, -0.1) is 0 Å². The molecule has 1 aromatic rings. The topological polar surface area (TPSA) is 23.5 Å². The summed E-state index contributed by atoms with van der Waals surface area (Å²) in [5.74, 6) is 0.307. The second-order valence-corrected chi connectivity index (χ2v) is 3.52. The number of phenolic OH excluding ortho intramolecular Hbond substituents is 1. The first-order valence-electron chi connectivity index (χ1n) is 4.95. The van der Waals surface area contributed by atoms with Gasteiger partial charge in [-0.3, -0.25) is 0 Å². The van der Waals surface area contributed by atoms with Crippen LogP contribution in [-0.4, -0.2) is 19.2 Å². The summed E-state index contributed by atoms with van der Waals surface area (Å²) in [5, 5.41) is 9.74. The minimum Gasteiger partial charge on any atom is -0.507 e. The molecule has 2 heteroatoms. The van der Waals surface area contributed by atoms with Crippen molar-refractivity contribution in [2.45, 2.75) is 6.92 Å². The molecule has 0 saturated heterocycles. The van der Waals surface area contributed by atoms with E-state index in [1.165, 1.54) is 0 Å². The van der Waals surface area contributed by atoms with E-state index in [0.29, 0.717) is 5.75 Å². The first kappa shape index (κ1) is 11.4. The Balaban J connectivity index is 2.93. The van der Waals surface area contributed by atoms with Crippen molar-refractivity contribution in [1.29, 1.82) is 0 Å². The van der Waals surface area contributed by atoms with E-state index >= 15 is 0 Å². The Hall–Kier alpha value is -1.70. The first-order chi connectivity index (χ1) is 7.15. The van der Waals surface area contributed by atoms with Crippen LogP contribution in [-0.2, 0) is 0 Å². The van der Waals surface area contributed by atoms with E-state index in [4.69, 9.17) is 0 Å². The highest BCUT2D eigenvalue weighted by Gasteiger charge is 2.00. The van der Waals surface area contributed by atoms with Gasteiger partial charge in [-0.2, -0.15) is 0 Å². The van der Waals surface area contributed by atoms with Crippen LogP contribution in [0.1, 0.15) is 12.5 Å². The summed E-state index contributed by atoms with van der Waals surface area (Å²) >= 11 is 0. The van der Waals surface area contributed by atoms with Gasteiger partial charge in [0.25, 0.3) is 0 Å². The minimum absolute atomic E-state index is 0.307. The standard InChI is InChI=1S/C13H17NO/c1-4-5-6-7-11-8-9-12(14(2)3)10-13(11)15/h4-10,15H,1-3H3. The van der Waals surface area contributed by atoms with Crippen molar-refractivity contribution in [3.63, 3.8) is 0 Å². The van der Waals surface area contributed by atoms with Crippen molar-refractivity contribution < 1.29 is 5.11 Å². The molecule has 0 heterocycles. The van der Waals surface area contributed by atoms with E-state index in [1.54, 1.807) is 6.07 Å². The zero-order chi connectivity index (χ0) is 11.3. The maximum Gasteiger partial charge on any atom is 0.124 e. The van der Waals surface area contributed by atoms with Crippen molar-refractivity contribution in [3.8, 4) is 5.75 Å². The molecule has 0 aliphatic carbocycles. The quantitative estimate of drug-likeness (QED) is 0.763. The number of rotatable bonds is 3. The molecule has 1 N–H and O–H groups in total. The number of allylic oxidation sites excluding steroid dienone is 3. The summed E-state index contributed by atoms with van der Waals surface area (Å²) in [5.41, 5.74) is 1.83. The van der Waals surface area contributed by atoms with E-state index in [0.717, 1.165) is 11.3 Å². The van der Waals surface area contributed by atoms with Crippen LogP contribution in [0.4, 0.5) is 5.69 Å². The lowest BCUT2D eigenvalue weighted by atomic mass is 10.1. The fraction of sp³-hybridized carbons (Fsp3) is 0.231. The van der Waals surface area contributed by atoms with Crippen molar-refractivity contribution in [3.05, 3.63) is 42.0 Å². The number of aromatic hydroxyl groups is 1. The van der Waals surface area contributed by atoms with Gasteiger partial charge in [0, 0.05) is 31.4 Å². The molecule has 0 aliphatic rings. The molecule has 0 bridgehead atoms. The van der Waals surface area contributed by atoms with E-state index in [9.17, 15) is 5.11 Å². The van der Waals surface area contributed by atoms with Crippen LogP contribution in [0.25, 0.3) is 6.08 Å². The molecule has 2 nitrogen and oxygen atoms in total. The third-order valence-corrected chi connectivity index (χ3v) is 2.11. The summed E-state index contributed by atoms with van der Waals surface area (Å²) < 4.78 is 0. The van der Waals surface area contributed by atoms with Gasteiger partial charge in [-0.25, -0.2) is 0 Å². The SMILES string of the molecule is CC=CC=Cc1ccc(N(C)C)cc1O. The molecule has 15 heavy (non-hydrogen) atoms. The molecule has 0 spiro atoms. The van der Waals surface area contributed by atoms with E-state index in [-0.39, 0.29) is 0 Å². The van der Waals surface area contributed by atoms with Crippen molar-refractivity contribution in [2.75, 3.05) is 19.0 Å². The molecule has 0 atom stereocenters. The predicted molar refractivity (Wildman–Crippen MR) is 66.3 cm³/mol. The zero-order valence-electron chi connectivity index (χ0n) is 9.44. The normalized spacial score (nSPS) is 11.4. The Labute approximate surface area is 91.2 Å². The van der Waals surface area contributed by atoms with Gasteiger partial charge >= 0.3 is 0 Å². The van der Waals surface area contributed by atoms with Crippen molar-refractivity contribution in [1.82, 2.24) is 0 Å². The summed E-state index contributed by atoms with van der Waals surface area (Å²) in [6, 6.07) is 5.65. The Bertz CT molecular complexity index is 378. The van der Waals surface area contributed by atoms with Crippen LogP contribution < -0.4 is 4.90 Å². The largest absolute Gasteiger partial charge is 0.507 e. The number of hydrogen-bond acceptors (Lipinski definition) is 2. The molecule has 80 valence electrons. The highest BCUT2D eigenvalue weighted by Crippen LogP contribution is 2.24. The van der Waals surface area contributed by atoms with E-state index < -0.39 is 0 Å². The third-order valence-electron chi connectivity index (χ3n) is 2.11. The number of anilines is 1. The monoisotopic (exact) mass is 203 g/mol. The maximum absolute atomic E-state index is 9.74. The highest BCUT2D eigenvalue weighted by atomic mass is 16.3. The summed E-state index contributed by atoms with van der Waals surface area (Å²) in [6.45, 7) is 1.96. The van der Waals surface area contributed by atoms with Gasteiger partial charge in [0.15, 0.2) is 0 Å². The van der Waals surface area contributed by atoms with E-state index in [1.807, 2.05) is 62.4 Å². The summed E-state index contributed by atoms with van der Waals surface area (Å²) in [4.78, 5) is 1.96.